The van der Waals surface area contributed by atoms with Crippen LogP contribution in [0.5, 0.6) is 0 Å². The molecule has 1 rings (SSSR count). The number of carbonyl (C=O) groups is 1. The van der Waals surface area contributed by atoms with Crippen LogP contribution in [0.25, 0.3) is 0 Å². The fraction of sp³-hybridized carbons (Fsp3) is 0.917. The molecular formula is C12H22ClNO3S. The minimum atomic E-state index is -3.01. The molecule has 0 spiro atoms. The van der Waals surface area contributed by atoms with Gasteiger partial charge in [-0.3, -0.25) is 4.79 Å². The average Bonchev–Trinajstić information content (AvgIpc) is 2.69. The Bertz CT molecular complexity index is 379. The van der Waals surface area contributed by atoms with Crippen LogP contribution in [0.1, 0.15) is 33.1 Å². The lowest BCUT2D eigenvalue weighted by Crippen LogP contribution is -2.44. The van der Waals surface area contributed by atoms with Crippen LogP contribution in [-0.2, 0) is 14.6 Å². The lowest BCUT2D eigenvalue weighted by molar-refractivity contribution is -0.137. The first kappa shape index (κ1) is 15.8. The maximum Gasteiger partial charge on any atom is 0.227 e. The molecule has 1 aliphatic heterocycles. The van der Waals surface area contributed by atoms with E-state index in [2.05, 4.69) is 0 Å². The minimum absolute atomic E-state index is 0.00473. The number of sulfone groups is 1. The normalized spacial score (nSPS) is 22.3. The molecule has 18 heavy (non-hydrogen) atoms. The van der Waals surface area contributed by atoms with Gasteiger partial charge in [-0.1, -0.05) is 13.8 Å². The van der Waals surface area contributed by atoms with Crippen LogP contribution in [0.4, 0.5) is 0 Å². The molecule has 1 fully saturated rings. The second-order valence-electron chi connectivity index (χ2n) is 4.79. The van der Waals surface area contributed by atoms with Gasteiger partial charge in [0.25, 0.3) is 0 Å². The lowest BCUT2D eigenvalue weighted by Gasteiger charge is -2.32. The summed E-state index contributed by atoms with van der Waals surface area (Å²) in [6, 6.07) is 0.166. The van der Waals surface area contributed by atoms with Gasteiger partial charge in [-0.2, -0.15) is 0 Å². The highest BCUT2D eigenvalue weighted by Crippen LogP contribution is 2.23. The van der Waals surface area contributed by atoms with Gasteiger partial charge in [0.2, 0.25) is 5.91 Å². The molecule has 1 saturated heterocycles. The molecule has 1 aliphatic rings. The summed E-state index contributed by atoms with van der Waals surface area (Å²) in [5, 5.41) is 0. The number of amides is 1. The van der Waals surface area contributed by atoms with Crippen molar-refractivity contribution in [2.24, 2.45) is 5.92 Å². The van der Waals surface area contributed by atoms with Gasteiger partial charge in [0.1, 0.15) is 0 Å². The number of hydrogen-bond acceptors (Lipinski definition) is 3. The Labute approximate surface area is 115 Å². The summed E-state index contributed by atoms with van der Waals surface area (Å²) in [5.41, 5.74) is 0. The molecule has 0 aromatic carbocycles. The lowest BCUT2D eigenvalue weighted by atomic mass is 10.0. The molecule has 1 amide bonds. The first-order valence-electron chi connectivity index (χ1n) is 6.52. The van der Waals surface area contributed by atoms with Crippen molar-refractivity contribution < 1.29 is 13.2 Å². The van der Waals surface area contributed by atoms with E-state index < -0.39 is 9.84 Å². The van der Waals surface area contributed by atoms with Gasteiger partial charge < -0.3 is 4.90 Å². The third kappa shape index (κ3) is 3.85. The predicted molar refractivity (Wildman–Crippen MR) is 73.6 cm³/mol. The fourth-order valence-corrected chi connectivity index (χ4v) is 4.43. The van der Waals surface area contributed by atoms with Gasteiger partial charge in [-0.05, 0) is 19.3 Å². The van der Waals surface area contributed by atoms with Gasteiger partial charge >= 0.3 is 0 Å². The largest absolute Gasteiger partial charge is 0.338 e. The molecule has 0 bridgehead atoms. The van der Waals surface area contributed by atoms with E-state index in [1.54, 1.807) is 4.90 Å². The maximum atomic E-state index is 12.4. The van der Waals surface area contributed by atoms with Crippen molar-refractivity contribution in [2.45, 2.75) is 39.2 Å². The number of alkyl halides is 1. The summed E-state index contributed by atoms with van der Waals surface area (Å²) in [6.45, 7) is 4.57. The predicted octanol–water partition coefficient (Wildman–Crippen LogP) is 1.68. The van der Waals surface area contributed by atoms with Crippen molar-refractivity contribution in [3.8, 4) is 0 Å². The van der Waals surface area contributed by atoms with Crippen LogP contribution in [-0.4, -0.2) is 49.2 Å². The fourth-order valence-electron chi connectivity index (χ4n) is 2.52. The molecule has 1 heterocycles. The molecule has 1 atom stereocenters. The van der Waals surface area contributed by atoms with E-state index in [1.165, 1.54) is 0 Å². The van der Waals surface area contributed by atoms with Gasteiger partial charge in [0.05, 0.1) is 17.4 Å². The van der Waals surface area contributed by atoms with Crippen molar-refractivity contribution in [1.82, 2.24) is 4.90 Å². The smallest absolute Gasteiger partial charge is 0.227 e. The number of carbonyl (C=O) groups excluding carboxylic acids is 1. The zero-order chi connectivity index (χ0) is 13.8. The van der Waals surface area contributed by atoms with Crippen molar-refractivity contribution >= 4 is 27.3 Å². The molecule has 0 N–H and O–H groups in total. The maximum absolute atomic E-state index is 12.4. The molecule has 0 aromatic rings. The van der Waals surface area contributed by atoms with Crippen molar-refractivity contribution in [3.05, 3.63) is 0 Å². The van der Waals surface area contributed by atoms with Crippen LogP contribution in [0.2, 0.25) is 0 Å². The Hall–Kier alpha value is -0.290. The Morgan fingerprint density at radius 2 is 2.00 bits per heavy atom. The van der Waals surface area contributed by atoms with Gasteiger partial charge in [0.15, 0.2) is 9.84 Å². The summed E-state index contributed by atoms with van der Waals surface area (Å²) < 4.78 is 22.9. The Balaban J connectivity index is 2.77. The van der Waals surface area contributed by atoms with E-state index in [0.717, 1.165) is 12.8 Å². The summed E-state index contributed by atoms with van der Waals surface area (Å²) in [4.78, 5) is 14.2. The van der Waals surface area contributed by atoms with Gasteiger partial charge in [0, 0.05) is 18.5 Å². The van der Waals surface area contributed by atoms with Crippen LogP contribution in [0.3, 0.4) is 0 Å². The SMILES string of the molecule is CCC(CC)N(CCCl)C(=O)C1CCS(=O)(=O)C1. The summed E-state index contributed by atoms with van der Waals surface area (Å²) in [7, 11) is -3.01. The van der Waals surface area contributed by atoms with Crippen molar-refractivity contribution in [3.63, 3.8) is 0 Å². The summed E-state index contributed by atoms with van der Waals surface area (Å²) in [6.07, 6.45) is 2.21. The topological polar surface area (TPSA) is 54.5 Å². The van der Waals surface area contributed by atoms with Gasteiger partial charge in [-0.15, -0.1) is 11.6 Å². The Kier molecular flexibility index (Phi) is 5.92. The zero-order valence-corrected chi connectivity index (χ0v) is 12.6. The molecule has 0 aliphatic carbocycles. The monoisotopic (exact) mass is 295 g/mol. The molecule has 0 aromatic heterocycles. The summed E-state index contributed by atoms with van der Waals surface area (Å²) >= 11 is 5.75. The molecule has 106 valence electrons. The van der Waals surface area contributed by atoms with Crippen LogP contribution < -0.4 is 0 Å². The van der Waals surface area contributed by atoms with Crippen LogP contribution in [0.15, 0.2) is 0 Å². The van der Waals surface area contributed by atoms with E-state index in [4.69, 9.17) is 11.6 Å². The van der Waals surface area contributed by atoms with E-state index in [-0.39, 0.29) is 29.4 Å². The Morgan fingerprint density at radius 3 is 2.39 bits per heavy atom. The molecular weight excluding hydrogens is 274 g/mol. The number of halogens is 1. The highest BCUT2D eigenvalue weighted by atomic mass is 35.5. The van der Waals surface area contributed by atoms with E-state index >= 15 is 0 Å². The van der Waals surface area contributed by atoms with Crippen LogP contribution in [0, 0.1) is 5.92 Å². The van der Waals surface area contributed by atoms with E-state index in [1.807, 2.05) is 13.8 Å². The third-order valence-electron chi connectivity index (χ3n) is 3.57. The molecule has 1 unspecified atom stereocenters. The van der Waals surface area contributed by atoms with Gasteiger partial charge in [-0.25, -0.2) is 8.42 Å². The second kappa shape index (κ2) is 6.75. The zero-order valence-electron chi connectivity index (χ0n) is 11.1. The standard InChI is InChI=1S/C12H22ClNO3S/c1-3-11(4-2)14(7-6-13)12(15)10-5-8-18(16,17)9-10/h10-11H,3-9H2,1-2H3. The third-order valence-corrected chi connectivity index (χ3v) is 5.51. The minimum Gasteiger partial charge on any atom is -0.338 e. The highest BCUT2D eigenvalue weighted by Gasteiger charge is 2.36. The van der Waals surface area contributed by atoms with Crippen molar-refractivity contribution in [2.75, 3.05) is 23.9 Å². The first-order valence-corrected chi connectivity index (χ1v) is 8.87. The van der Waals surface area contributed by atoms with Crippen molar-refractivity contribution in [1.29, 1.82) is 0 Å². The molecule has 6 heteroatoms. The number of nitrogens with zero attached hydrogens (tertiary/aromatic N) is 1. The first-order chi connectivity index (χ1) is 8.45. The second-order valence-corrected chi connectivity index (χ2v) is 7.40. The molecule has 0 radical (unpaired) electrons. The average molecular weight is 296 g/mol. The highest BCUT2D eigenvalue weighted by molar-refractivity contribution is 7.91. The van der Waals surface area contributed by atoms with E-state index in [0.29, 0.717) is 18.8 Å². The quantitative estimate of drug-likeness (QED) is 0.701. The van der Waals surface area contributed by atoms with Crippen LogP contribution >= 0.6 is 11.6 Å². The number of rotatable bonds is 6. The van der Waals surface area contributed by atoms with E-state index in [9.17, 15) is 13.2 Å². The Morgan fingerprint density at radius 1 is 1.39 bits per heavy atom. The number of hydrogen-bond donors (Lipinski definition) is 0. The summed E-state index contributed by atoms with van der Waals surface area (Å²) in [5.74, 6) is 0.136. The molecule has 4 nitrogen and oxygen atoms in total. The molecule has 0 saturated carbocycles.